The van der Waals surface area contributed by atoms with Crippen LogP contribution in [0, 0.1) is 0 Å². The van der Waals surface area contributed by atoms with Crippen molar-refractivity contribution in [2.45, 2.75) is 70.4 Å². The quantitative estimate of drug-likeness (QED) is 0.388. The van der Waals surface area contributed by atoms with Gasteiger partial charge >= 0.3 is 5.97 Å². The third-order valence-electron chi connectivity index (χ3n) is 5.41. The lowest BCUT2D eigenvalue weighted by Gasteiger charge is -2.50. The summed E-state index contributed by atoms with van der Waals surface area (Å²) in [5.74, 6) is -0.280. The largest absolute Gasteiger partial charge is 0.453 e. The Bertz CT molecular complexity index is 841. The topological polar surface area (TPSA) is 61.3 Å². The highest BCUT2D eigenvalue weighted by Gasteiger charge is 2.53. The molecule has 0 aromatic carbocycles. The van der Waals surface area contributed by atoms with Crippen molar-refractivity contribution in [2.75, 3.05) is 0 Å². The van der Waals surface area contributed by atoms with E-state index in [2.05, 4.69) is 43.8 Å². The first-order chi connectivity index (χ1) is 11.9. The fourth-order valence-electron chi connectivity index (χ4n) is 3.00. The van der Waals surface area contributed by atoms with Crippen LogP contribution in [0.25, 0.3) is 10.2 Å². The molecule has 0 unspecified atom stereocenters. The molecule has 0 aliphatic heterocycles. The van der Waals surface area contributed by atoms with Gasteiger partial charge in [0.15, 0.2) is 13.9 Å². The number of fused-ring (bicyclic) bond motifs is 1. The van der Waals surface area contributed by atoms with E-state index in [0.717, 1.165) is 15.1 Å². The number of halogens is 1. The molecule has 0 amide bonds. The molecule has 0 N–H and O–H groups in total. The predicted octanol–water partition coefficient (Wildman–Crippen LogP) is 5.29. The Kier molecular flexibility index (Phi) is 4.97. The van der Waals surface area contributed by atoms with Gasteiger partial charge in [-0.1, -0.05) is 20.8 Å². The van der Waals surface area contributed by atoms with Gasteiger partial charge in [-0.15, -0.1) is 11.3 Å². The van der Waals surface area contributed by atoms with Crippen LogP contribution in [0.5, 0.6) is 0 Å². The summed E-state index contributed by atoms with van der Waals surface area (Å²) in [6.45, 7) is 12.6. The molecule has 0 radical (unpaired) electrons. The summed E-state index contributed by atoms with van der Waals surface area (Å²) < 4.78 is 12.3. The first kappa shape index (κ1) is 19.7. The number of hydrogen-bond donors (Lipinski definition) is 0. The predicted molar refractivity (Wildman–Crippen MR) is 107 cm³/mol. The number of thiophene rings is 1. The van der Waals surface area contributed by atoms with Crippen LogP contribution in [-0.2, 0) is 19.6 Å². The minimum absolute atomic E-state index is 0.107. The van der Waals surface area contributed by atoms with E-state index in [4.69, 9.17) is 20.8 Å². The molecule has 1 fully saturated rings. The molecular formula is C18H25ClN2O3SSi. The molecular weight excluding hydrogens is 388 g/mol. The monoisotopic (exact) mass is 412 g/mol. The van der Waals surface area contributed by atoms with Crippen LogP contribution in [0.2, 0.25) is 23.4 Å². The number of carbonyl (C=O) groups excluding carboxylic acids is 1. The molecule has 2 aromatic rings. The van der Waals surface area contributed by atoms with Crippen molar-refractivity contribution in [2.24, 2.45) is 0 Å². The number of rotatable bonds is 4. The van der Waals surface area contributed by atoms with Crippen molar-refractivity contribution in [3.63, 3.8) is 0 Å². The summed E-state index contributed by atoms with van der Waals surface area (Å²) in [5, 5.41) is 1.28. The molecule has 0 spiro atoms. The zero-order valence-electron chi connectivity index (χ0n) is 16.1. The molecule has 142 valence electrons. The number of hydrogen-bond acceptors (Lipinski definition) is 6. The minimum atomic E-state index is -1.86. The van der Waals surface area contributed by atoms with Crippen LogP contribution < -0.4 is 0 Å². The van der Waals surface area contributed by atoms with E-state index < -0.39 is 13.9 Å². The zero-order chi connectivity index (χ0) is 19.3. The van der Waals surface area contributed by atoms with Gasteiger partial charge in [0.1, 0.15) is 4.83 Å². The first-order valence-electron chi connectivity index (χ1n) is 8.72. The summed E-state index contributed by atoms with van der Waals surface area (Å²) in [6, 6.07) is 2.00. The number of aromatic nitrogens is 2. The lowest BCUT2D eigenvalue weighted by molar-refractivity contribution is -0.182. The van der Waals surface area contributed by atoms with Crippen LogP contribution in [0.15, 0.2) is 12.3 Å². The van der Waals surface area contributed by atoms with Crippen LogP contribution >= 0.6 is 22.9 Å². The highest BCUT2D eigenvalue weighted by atomic mass is 35.5. The Hall–Kier alpha value is -1.02. The van der Waals surface area contributed by atoms with E-state index in [-0.39, 0.29) is 22.4 Å². The Labute approximate surface area is 164 Å². The van der Waals surface area contributed by atoms with E-state index in [9.17, 15) is 4.79 Å². The molecule has 3 rings (SSSR count). The molecule has 8 heteroatoms. The van der Waals surface area contributed by atoms with E-state index in [0.29, 0.717) is 12.8 Å². The minimum Gasteiger partial charge on any atom is -0.453 e. The van der Waals surface area contributed by atoms with Crippen molar-refractivity contribution in [1.82, 2.24) is 9.97 Å². The number of carbonyl (C=O) groups is 1. The van der Waals surface area contributed by atoms with Crippen LogP contribution in [0.3, 0.4) is 0 Å². The smallest absolute Gasteiger partial charge is 0.303 e. The molecule has 0 saturated heterocycles. The first-order valence-corrected chi connectivity index (χ1v) is 12.8. The van der Waals surface area contributed by atoms with Crippen molar-refractivity contribution in [3.8, 4) is 0 Å². The standard InChI is InChI=1S/C18H25ClN2O3SSi/c1-11(22)23-18(8-13(9-18)24-26(5,6)17(2,3)4)14-7-12-10-20-16(19)21-15(12)25-14/h7,10,13H,8-9H2,1-6H3. The average Bonchev–Trinajstić information content (AvgIpc) is 2.85. The maximum absolute atomic E-state index is 11.7. The molecule has 0 atom stereocenters. The van der Waals surface area contributed by atoms with Crippen LogP contribution in [-0.4, -0.2) is 30.4 Å². The summed E-state index contributed by atoms with van der Waals surface area (Å²) in [6.07, 6.45) is 3.16. The second kappa shape index (κ2) is 6.55. The number of esters is 1. The number of nitrogens with zero attached hydrogens (tertiary/aromatic N) is 2. The van der Waals surface area contributed by atoms with E-state index >= 15 is 0 Å². The van der Waals surface area contributed by atoms with Gasteiger partial charge in [-0.25, -0.2) is 9.97 Å². The molecule has 2 heterocycles. The Balaban J connectivity index is 1.84. The highest BCUT2D eigenvalue weighted by molar-refractivity contribution is 7.18. The Morgan fingerprint density at radius 2 is 2.04 bits per heavy atom. The second-order valence-electron chi connectivity index (χ2n) is 8.51. The normalized spacial score (nSPS) is 23.7. The van der Waals surface area contributed by atoms with Gasteiger partial charge in [-0.05, 0) is 35.8 Å². The molecule has 5 nitrogen and oxygen atoms in total. The van der Waals surface area contributed by atoms with Gasteiger partial charge in [0.2, 0.25) is 5.28 Å². The van der Waals surface area contributed by atoms with Crippen molar-refractivity contribution in [3.05, 3.63) is 22.4 Å². The van der Waals surface area contributed by atoms with Gasteiger partial charge in [0.05, 0.1) is 11.0 Å². The fourth-order valence-corrected chi connectivity index (χ4v) is 5.68. The summed E-state index contributed by atoms with van der Waals surface area (Å²) in [5.41, 5.74) is -0.628. The van der Waals surface area contributed by atoms with Crippen molar-refractivity contribution < 1.29 is 14.0 Å². The van der Waals surface area contributed by atoms with Crippen molar-refractivity contribution >= 4 is 47.4 Å². The van der Waals surface area contributed by atoms with Gasteiger partial charge in [0.25, 0.3) is 0 Å². The summed E-state index contributed by atoms with van der Waals surface area (Å²) >= 11 is 7.40. The SMILES string of the molecule is CC(=O)OC1(c2cc3cnc(Cl)nc3s2)CC(O[Si](C)(C)C(C)(C)C)C1. The molecule has 0 bridgehead atoms. The van der Waals surface area contributed by atoms with Gasteiger partial charge < -0.3 is 9.16 Å². The molecule has 2 aromatic heterocycles. The lowest BCUT2D eigenvalue weighted by Crippen LogP contribution is -2.54. The van der Waals surface area contributed by atoms with Crippen LogP contribution in [0.4, 0.5) is 0 Å². The van der Waals surface area contributed by atoms with E-state index in [1.54, 1.807) is 6.20 Å². The zero-order valence-corrected chi connectivity index (χ0v) is 18.6. The second-order valence-corrected chi connectivity index (χ2v) is 14.6. The molecule has 1 aliphatic rings. The third kappa shape index (κ3) is 3.67. The van der Waals surface area contributed by atoms with E-state index in [1.807, 2.05) is 6.07 Å². The Morgan fingerprint density at radius 1 is 1.38 bits per heavy atom. The fraction of sp³-hybridized carbons (Fsp3) is 0.611. The van der Waals surface area contributed by atoms with Crippen molar-refractivity contribution in [1.29, 1.82) is 0 Å². The lowest BCUT2D eigenvalue weighted by atomic mass is 9.76. The number of ether oxygens (including phenoxy) is 1. The van der Waals surface area contributed by atoms with Gasteiger partial charge in [-0.3, -0.25) is 4.79 Å². The van der Waals surface area contributed by atoms with Crippen LogP contribution in [0.1, 0.15) is 45.4 Å². The van der Waals surface area contributed by atoms with E-state index in [1.165, 1.54) is 18.3 Å². The average molecular weight is 413 g/mol. The molecule has 1 aliphatic carbocycles. The van der Waals surface area contributed by atoms with Gasteiger partial charge in [0, 0.05) is 31.3 Å². The maximum Gasteiger partial charge on any atom is 0.303 e. The maximum atomic E-state index is 11.7. The summed E-state index contributed by atoms with van der Waals surface area (Å²) in [4.78, 5) is 21.8. The third-order valence-corrected chi connectivity index (χ3v) is 11.4. The molecule has 26 heavy (non-hydrogen) atoms. The van der Waals surface area contributed by atoms with Gasteiger partial charge in [-0.2, -0.15) is 0 Å². The highest BCUT2D eigenvalue weighted by Crippen LogP contribution is 2.51. The molecule has 1 saturated carbocycles. The Morgan fingerprint density at radius 3 is 2.62 bits per heavy atom. The summed E-state index contributed by atoms with van der Waals surface area (Å²) in [7, 11) is -1.86.